The minimum atomic E-state index is -0.284. The molecule has 0 fully saturated rings. The summed E-state index contributed by atoms with van der Waals surface area (Å²) in [6, 6.07) is 10.9. The van der Waals surface area contributed by atoms with Gasteiger partial charge in [-0.15, -0.1) is 0 Å². The highest BCUT2D eigenvalue weighted by Gasteiger charge is 2.23. The Morgan fingerprint density at radius 3 is 2.77 bits per heavy atom. The smallest absolute Gasteiger partial charge is 0.286 e. The standard InChI is InChI=1S/C19H18Cl2N2O2S/c1-12-4-7-17-13(9-12)3-2-8-23(17)19(25)26-11-18(24)22-16-6-5-14(20)10-15(16)21/h4-7,9-10H,2-3,8,11H2,1H3,(H,22,24). The Kier molecular flexibility index (Phi) is 6.12. The second kappa shape index (κ2) is 8.33. The molecule has 1 heterocycles. The Hall–Kier alpha value is -1.69. The van der Waals surface area contributed by atoms with Gasteiger partial charge in [0.1, 0.15) is 0 Å². The number of aryl methyl sites for hydroxylation is 2. The quantitative estimate of drug-likeness (QED) is 0.724. The molecule has 0 spiro atoms. The molecule has 2 aromatic rings. The molecule has 7 heteroatoms. The SMILES string of the molecule is Cc1ccc2c(c1)CCCN2C(=O)SCC(=O)Nc1ccc(Cl)cc1Cl. The van der Waals surface area contributed by atoms with Crippen molar-refractivity contribution in [3.63, 3.8) is 0 Å². The highest BCUT2D eigenvalue weighted by atomic mass is 35.5. The van der Waals surface area contributed by atoms with Gasteiger partial charge in [-0.05, 0) is 49.6 Å². The highest BCUT2D eigenvalue weighted by molar-refractivity contribution is 8.14. The van der Waals surface area contributed by atoms with Crippen LogP contribution in [0.25, 0.3) is 0 Å². The van der Waals surface area contributed by atoms with Crippen LogP contribution in [0.15, 0.2) is 36.4 Å². The van der Waals surface area contributed by atoms with Gasteiger partial charge in [0.15, 0.2) is 0 Å². The van der Waals surface area contributed by atoms with Gasteiger partial charge in [-0.3, -0.25) is 9.59 Å². The van der Waals surface area contributed by atoms with Crippen molar-refractivity contribution in [2.45, 2.75) is 19.8 Å². The van der Waals surface area contributed by atoms with E-state index < -0.39 is 0 Å². The van der Waals surface area contributed by atoms with Crippen LogP contribution in [0.1, 0.15) is 17.5 Å². The number of carbonyl (C=O) groups excluding carboxylic acids is 2. The maximum absolute atomic E-state index is 12.6. The predicted octanol–water partition coefficient (Wildman–Crippen LogP) is 5.55. The number of halogens is 2. The van der Waals surface area contributed by atoms with E-state index in [1.54, 1.807) is 23.1 Å². The fourth-order valence-corrected chi connectivity index (χ4v) is 4.03. The lowest BCUT2D eigenvalue weighted by Crippen LogP contribution is -2.33. The number of benzene rings is 2. The van der Waals surface area contributed by atoms with Gasteiger partial charge in [0.05, 0.1) is 16.5 Å². The summed E-state index contributed by atoms with van der Waals surface area (Å²) in [6.07, 6.45) is 1.90. The van der Waals surface area contributed by atoms with Gasteiger partial charge in [0, 0.05) is 17.3 Å². The van der Waals surface area contributed by atoms with Crippen LogP contribution in [0.3, 0.4) is 0 Å². The van der Waals surface area contributed by atoms with Crippen LogP contribution in [0.5, 0.6) is 0 Å². The van der Waals surface area contributed by atoms with Crippen molar-refractivity contribution in [1.29, 1.82) is 0 Å². The Morgan fingerprint density at radius 2 is 2.00 bits per heavy atom. The molecule has 0 saturated heterocycles. The Morgan fingerprint density at radius 1 is 1.19 bits per heavy atom. The molecule has 26 heavy (non-hydrogen) atoms. The van der Waals surface area contributed by atoms with Gasteiger partial charge in [0.25, 0.3) is 5.24 Å². The van der Waals surface area contributed by atoms with Crippen LogP contribution in [0.4, 0.5) is 16.2 Å². The summed E-state index contributed by atoms with van der Waals surface area (Å²) in [7, 11) is 0. The third-order valence-corrected chi connectivity index (χ3v) is 5.53. The van der Waals surface area contributed by atoms with E-state index in [0.717, 1.165) is 30.3 Å². The molecule has 0 bridgehead atoms. The molecular formula is C19H18Cl2N2O2S. The number of amides is 2. The van der Waals surface area contributed by atoms with Gasteiger partial charge in [0.2, 0.25) is 5.91 Å². The van der Waals surface area contributed by atoms with Crippen LogP contribution in [0, 0.1) is 6.92 Å². The van der Waals surface area contributed by atoms with Crippen molar-refractivity contribution in [2.75, 3.05) is 22.5 Å². The lowest BCUT2D eigenvalue weighted by atomic mass is 10.0. The third kappa shape index (κ3) is 4.53. The highest BCUT2D eigenvalue weighted by Crippen LogP contribution is 2.30. The molecule has 0 aliphatic carbocycles. The Labute approximate surface area is 166 Å². The van der Waals surface area contributed by atoms with Gasteiger partial charge < -0.3 is 10.2 Å². The molecule has 0 radical (unpaired) electrons. The fourth-order valence-electron chi connectivity index (χ4n) is 2.90. The lowest BCUT2D eigenvalue weighted by Gasteiger charge is -2.29. The van der Waals surface area contributed by atoms with Gasteiger partial charge in [-0.1, -0.05) is 52.7 Å². The van der Waals surface area contributed by atoms with Gasteiger partial charge >= 0.3 is 0 Å². The average Bonchev–Trinajstić information content (AvgIpc) is 2.61. The summed E-state index contributed by atoms with van der Waals surface area (Å²) in [5.41, 5.74) is 3.79. The predicted molar refractivity (Wildman–Crippen MR) is 110 cm³/mol. The van der Waals surface area contributed by atoms with E-state index in [9.17, 15) is 9.59 Å². The van der Waals surface area contributed by atoms with Gasteiger partial charge in [-0.2, -0.15) is 0 Å². The third-order valence-electron chi connectivity index (χ3n) is 4.11. The van der Waals surface area contributed by atoms with Crippen molar-refractivity contribution < 1.29 is 9.59 Å². The average molecular weight is 409 g/mol. The zero-order valence-corrected chi connectivity index (χ0v) is 16.5. The first kappa shape index (κ1) is 19.1. The molecule has 2 amide bonds. The molecule has 1 N–H and O–H groups in total. The van der Waals surface area contributed by atoms with Gasteiger partial charge in [-0.25, -0.2) is 0 Å². The summed E-state index contributed by atoms with van der Waals surface area (Å²) in [5, 5.41) is 3.44. The fraction of sp³-hybridized carbons (Fsp3) is 0.263. The number of nitrogens with one attached hydrogen (secondary N) is 1. The number of nitrogens with zero attached hydrogens (tertiary/aromatic N) is 1. The van der Waals surface area contributed by atoms with E-state index in [1.807, 2.05) is 19.1 Å². The number of carbonyl (C=O) groups is 2. The Bertz CT molecular complexity index is 857. The normalized spacial score (nSPS) is 13.3. The topological polar surface area (TPSA) is 49.4 Å². The summed E-state index contributed by atoms with van der Waals surface area (Å²) in [4.78, 5) is 26.5. The molecule has 2 aromatic carbocycles. The molecule has 4 nitrogen and oxygen atoms in total. The van der Waals surface area contributed by atoms with Crippen molar-refractivity contribution in [3.8, 4) is 0 Å². The van der Waals surface area contributed by atoms with E-state index in [4.69, 9.17) is 23.2 Å². The maximum Gasteiger partial charge on any atom is 0.286 e. The minimum Gasteiger partial charge on any atom is -0.324 e. The van der Waals surface area contributed by atoms with Crippen LogP contribution < -0.4 is 10.2 Å². The molecule has 0 unspecified atom stereocenters. The molecular weight excluding hydrogens is 391 g/mol. The number of hydrogen-bond donors (Lipinski definition) is 1. The van der Waals surface area contributed by atoms with Crippen molar-refractivity contribution in [3.05, 3.63) is 57.6 Å². The van der Waals surface area contributed by atoms with Crippen molar-refractivity contribution in [1.82, 2.24) is 0 Å². The van der Waals surface area contributed by atoms with E-state index in [2.05, 4.69) is 11.4 Å². The second-order valence-corrected chi connectivity index (χ2v) is 7.88. The first-order chi connectivity index (χ1) is 12.4. The van der Waals surface area contributed by atoms with Crippen LogP contribution >= 0.6 is 35.0 Å². The van der Waals surface area contributed by atoms with E-state index in [1.165, 1.54) is 11.1 Å². The lowest BCUT2D eigenvalue weighted by molar-refractivity contribution is -0.113. The zero-order valence-electron chi connectivity index (χ0n) is 14.2. The molecule has 0 aromatic heterocycles. The van der Waals surface area contributed by atoms with E-state index >= 15 is 0 Å². The van der Waals surface area contributed by atoms with E-state index in [-0.39, 0.29) is 16.9 Å². The summed E-state index contributed by atoms with van der Waals surface area (Å²) >= 11 is 12.9. The first-order valence-corrected chi connectivity index (χ1v) is 9.97. The van der Waals surface area contributed by atoms with Crippen molar-refractivity contribution in [2.24, 2.45) is 0 Å². The zero-order chi connectivity index (χ0) is 18.7. The molecule has 1 aliphatic heterocycles. The summed E-state index contributed by atoms with van der Waals surface area (Å²) in [5.74, 6) is -0.260. The summed E-state index contributed by atoms with van der Waals surface area (Å²) in [6.45, 7) is 2.72. The molecule has 0 saturated carbocycles. The van der Waals surface area contributed by atoms with Crippen LogP contribution in [-0.2, 0) is 11.2 Å². The molecule has 136 valence electrons. The summed E-state index contributed by atoms with van der Waals surface area (Å²) < 4.78 is 0. The molecule has 1 aliphatic rings. The number of hydrogen-bond acceptors (Lipinski definition) is 3. The number of thioether (sulfide) groups is 1. The van der Waals surface area contributed by atoms with Crippen LogP contribution in [-0.4, -0.2) is 23.4 Å². The molecule has 3 rings (SSSR count). The minimum absolute atomic E-state index is 0.0233. The van der Waals surface area contributed by atoms with E-state index in [0.29, 0.717) is 22.3 Å². The number of fused-ring (bicyclic) bond motifs is 1. The first-order valence-electron chi connectivity index (χ1n) is 8.23. The Balaban J connectivity index is 1.60. The maximum atomic E-state index is 12.6. The van der Waals surface area contributed by atoms with Crippen molar-refractivity contribution >= 4 is 57.5 Å². The number of anilines is 2. The molecule has 0 atom stereocenters. The monoisotopic (exact) mass is 408 g/mol. The number of rotatable bonds is 3. The largest absolute Gasteiger partial charge is 0.324 e. The van der Waals surface area contributed by atoms with Crippen LogP contribution in [0.2, 0.25) is 10.0 Å². The second-order valence-electron chi connectivity index (χ2n) is 6.11.